The molecule has 0 atom stereocenters. The summed E-state index contributed by atoms with van der Waals surface area (Å²) in [5, 5.41) is 3.53. The molecule has 0 aliphatic carbocycles. The number of carbonyl (C=O) groups excluding carboxylic acids is 1. The van der Waals surface area contributed by atoms with E-state index in [-0.39, 0.29) is 5.97 Å². The van der Waals surface area contributed by atoms with Crippen LogP contribution in [-0.4, -0.2) is 23.1 Å². The molecule has 4 aromatic carbocycles. The third-order valence-electron chi connectivity index (χ3n) is 5.10. The number of carbonyl (C=O) groups is 1. The fourth-order valence-corrected chi connectivity index (χ4v) is 13.6. The van der Waals surface area contributed by atoms with E-state index in [4.69, 9.17) is 4.74 Å². The van der Waals surface area contributed by atoms with Gasteiger partial charge in [-0.15, -0.1) is 0 Å². The molecule has 2 nitrogen and oxygen atoms in total. The third kappa shape index (κ3) is 7.82. The highest BCUT2D eigenvalue weighted by atomic mass is 127. The summed E-state index contributed by atoms with van der Waals surface area (Å²) in [6.45, 7) is -0.184. The van der Waals surface area contributed by atoms with E-state index in [0.717, 1.165) is 3.30 Å². The fraction of sp³-hybridized carbons (Fsp3) is 0.0714. The molecule has 0 unspecified atom stereocenters. The molecule has 0 bridgehead atoms. The van der Waals surface area contributed by atoms with E-state index in [2.05, 4.69) is 84.9 Å². The fourth-order valence-electron chi connectivity index (χ4n) is 3.75. The van der Waals surface area contributed by atoms with Gasteiger partial charge in [-0.05, 0) is 35.0 Å². The second-order valence-corrected chi connectivity index (χ2v) is 14.6. The molecule has 0 spiro atoms. The second kappa shape index (κ2) is 13.6. The molecule has 9 heteroatoms. The number of ether oxygens (including phenoxy) is 1. The number of halogens is 5. The van der Waals surface area contributed by atoms with Gasteiger partial charge in [-0.1, -0.05) is 109 Å². The first-order valence-corrected chi connectivity index (χ1v) is 15.4. The Bertz CT molecular complexity index is 1210. The van der Waals surface area contributed by atoms with Crippen LogP contribution in [0.1, 0.15) is 6.92 Å². The van der Waals surface area contributed by atoms with Crippen molar-refractivity contribution in [1.82, 2.24) is 0 Å². The maximum atomic E-state index is 13.7. The average Bonchev–Trinajstić information content (AvgIpc) is 2.90. The van der Waals surface area contributed by atoms with Crippen LogP contribution in [0.2, 0.25) is 0 Å². The molecule has 4 rings (SSSR count). The van der Waals surface area contributed by atoms with Gasteiger partial charge in [0.1, 0.15) is 0 Å². The number of hydrogen-bond acceptors (Lipinski definition) is 2. The van der Waals surface area contributed by atoms with Crippen molar-refractivity contribution in [3.63, 3.8) is 0 Å². The van der Waals surface area contributed by atoms with Crippen molar-refractivity contribution >= 4 is 39.3 Å². The zero-order valence-corrected chi connectivity index (χ0v) is 23.0. The van der Waals surface area contributed by atoms with Crippen LogP contribution in [0.4, 0.5) is 17.3 Å². The molecule has 0 aromatic heterocycles. The lowest BCUT2D eigenvalue weighted by Gasteiger charge is -2.27. The Hall–Kier alpha value is -2.84. The zero-order valence-electron chi connectivity index (χ0n) is 20.0. The summed E-state index contributed by atoms with van der Waals surface area (Å²) < 4.78 is 46.9. The summed E-state index contributed by atoms with van der Waals surface area (Å²) in [5.41, 5.74) is 0. The van der Waals surface area contributed by atoms with Gasteiger partial charge in [0.25, 0.3) is 3.30 Å². The van der Waals surface area contributed by atoms with Gasteiger partial charge in [0.15, 0.2) is 3.57 Å². The van der Waals surface area contributed by atoms with E-state index in [0.29, 0.717) is 6.61 Å². The van der Waals surface area contributed by atoms with Crippen molar-refractivity contribution in [2.75, 3.05) is 6.61 Å². The minimum Gasteiger partial charge on any atom is -0.460 e. The summed E-state index contributed by atoms with van der Waals surface area (Å²) in [5.74, 6) is -0.172. The van der Waals surface area contributed by atoms with Gasteiger partial charge in [-0.2, -0.15) is 0 Å². The van der Waals surface area contributed by atoms with Crippen molar-refractivity contribution in [2.24, 2.45) is 0 Å². The first kappa shape index (κ1) is 28.7. The molecule has 0 aliphatic heterocycles. The Morgan fingerprint density at radius 2 is 1.00 bits per heavy atom. The van der Waals surface area contributed by atoms with Crippen molar-refractivity contribution in [3.05, 3.63) is 125 Å². The molecule has 4 aromatic rings. The van der Waals surface area contributed by atoms with E-state index < -0.39 is 35.3 Å². The van der Waals surface area contributed by atoms with Crippen LogP contribution in [0, 0.1) is 3.57 Å². The highest BCUT2D eigenvalue weighted by molar-refractivity contribution is 7.96. The highest BCUT2D eigenvalue weighted by Crippen LogP contribution is 2.44. The summed E-state index contributed by atoms with van der Waals surface area (Å²) in [4.78, 5) is 13.7. The molecule has 0 saturated heterocycles. The van der Waals surface area contributed by atoms with Crippen LogP contribution < -0.4 is 37.1 Å². The largest absolute Gasteiger partial charge is 0.673 e. The lowest BCUT2D eigenvalue weighted by atomic mass is 10.3. The second-order valence-electron chi connectivity index (χ2n) is 7.57. The van der Waals surface area contributed by atoms with Gasteiger partial charge in [-0.25, -0.2) is 4.79 Å². The Morgan fingerprint density at radius 1 is 0.676 bits per heavy atom. The topological polar surface area (TPSA) is 26.3 Å². The van der Waals surface area contributed by atoms with Gasteiger partial charge in [0.05, 0.1) is 6.61 Å². The van der Waals surface area contributed by atoms with Crippen LogP contribution in [-0.2, 0) is 9.53 Å². The standard InChI is InChI=1S/C28H25IO2P.BF4/c1-2-31-28(30)27(29-23-15-7-3-8-16-23)32(24-17-9-4-10-18-24,25-19-11-5-12-20-25)26-21-13-6-14-22-26;2-1(3,4)5/h3-22H,2H2,1H3;/q+1;-1. The number of rotatable bonds is 7. The number of esters is 1. The van der Waals surface area contributed by atoms with E-state index in [9.17, 15) is 22.1 Å². The zero-order chi connectivity index (χ0) is 26.7. The van der Waals surface area contributed by atoms with E-state index in [1.807, 2.05) is 43.3 Å². The van der Waals surface area contributed by atoms with Gasteiger partial charge >= 0.3 is 34.4 Å². The molecule has 37 heavy (non-hydrogen) atoms. The lowest BCUT2D eigenvalue weighted by Crippen LogP contribution is -3.65. The van der Waals surface area contributed by atoms with Crippen molar-refractivity contribution < 1.29 is 48.0 Å². The lowest BCUT2D eigenvalue weighted by molar-refractivity contribution is -0.502. The van der Waals surface area contributed by atoms with Crippen LogP contribution in [0.25, 0.3) is 0 Å². The summed E-state index contributed by atoms with van der Waals surface area (Å²) in [6, 6.07) is 41.9. The van der Waals surface area contributed by atoms with E-state index in [1.165, 1.54) is 19.5 Å². The third-order valence-corrected chi connectivity index (χ3v) is 14.1. The predicted octanol–water partition coefficient (Wildman–Crippen LogP) is 2.93. The molecule has 0 radical (unpaired) electrons. The normalized spacial score (nSPS) is 11.2. The maximum absolute atomic E-state index is 13.7. The van der Waals surface area contributed by atoms with E-state index in [1.54, 1.807) is 0 Å². The van der Waals surface area contributed by atoms with Gasteiger partial charge in [0, 0.05) is 6.89 Å². The quantitative estimate of drug-likeness (QED) is 0.103. The average molecular weight is 638 g/mol. The molecular weight excluding hydrogens is 613 g/mol. The minimum atomic E-state index is -6.00. The molecule has 0 amide bonds. The number of benzene rings is 4. The highest BCUT2D eigenvalue weighted by Gasteiger charge is 2.43. The Labute approximate surface area is 225 Å². The first-order valence-electron chi connectivity index (χ1n) is 11.4. The molecule has 0 saturated carbocycles. The molecule has 0 aliphatic rings. The Balaban J connectivity index is 0.000000695. The Kier molecular flexibility index (Phi) is 10.6. The van der Waals surface area contributed by atoms with Crippen LogP contribution >= 0.6 is 6.89 Å². The summed E-state index contributed by atoms with van der Waals surface area (Å²) >= 11 is -0.767. The van der Waals surface area contributed by atoms with Gasteiger partial charge < -0.3 is 22.0 Å². The van der Waals surface area contributed by atoms with Gasteiger partial charge in [0.2, 0.25) is 0 Å². The monoisotopic (exact) mass is 638 g/mol. The molecular formula is C28H25BF4IO2P. The van der Waals surface area contributed by atoms with E-state index >= 15 is 0 Å². The smallest absolute Gasteiger partial charge is 0.460 e. The van der Waals surface area contributed by atoms with Crippen LogP contribution in [0.3, 0.4) is 0 Å². The van der Waals surface area contributed by atoms with Crippen LogP contribution in [0.15, 0.2) is 121 Å². The minimum absolute atomic E-state index is 0.172. The predicted molar refractivity (Wildman–Crippen MR) is 142 cm³/mol. The summed E-state index contributed by atoms with van der Waals surface area (Å²) in [6.07, 6.45) is 0. The van der Waals surface area contributed by atoms with Crippen molar-refractivity contribution in [2.45, 2.75) is 6.92 Å². The number of hydrogen-bond donors (Lipinski definition) is 0. The van der Waals surface area contributed by atoms with Gasteiger partial charge in [-0.3, -0.25) is 0 Å². The Morgan fingerprint density at radius 3 is 1.32 bits per heavy atom. The summed E-state index contributed by atoms with van der Waals surface area (Å²) in [7, 11) is -6.00. The molecule has 0 N–H and O–H groups in total. The maximum Gasteiger partial charge on any atom is 0.673 e. The van der Waals surface area contributed by atoms with Crippen LogP contribution in [0.5, 0.6) is 0 Å². The SMILES string of the molecule is CCOC(=O)C([I+]c1ccccc1)=P(c1ccccc1)(c1ccccc1)c1ccccc1.F[B-](F)(F)F. The van der Waals surface area contributed by atoms with Crippen molar-refractivity contribution in [1.29, 1.82) is 0 Å². The molecule has 192 valence electrons. The van der Waals surface area contributed by atoms with Crippen molar-refractivity contribution in [3.8, 4) is 0 Å². The first-order chi connectivity index (χ1) is 17.8. The molecule has 0 heterocycles. The molecule has 0 fully saturated rings.